The molecule has 0 bridgehead atoms. The molecule has 1 heterocycles. The third-order valence-corrected chi connectivity index (χ3v) is 2.21. The van der Waals surface area contributed by atoms with Crippen molar-refractivity contribution in [2.45, 2.75) is 13.0 Å². The van der Waals surface area contributed by atoms with E-state index in [1.165, 1.54) is 12.6 Å². The summed E-state index contributed by atoms with van der Waals surface area (Å²) in [4.78, 5) is 15.1. The number of hydrogen-bond acceptors (Lipinski definition) is 4. The number of rotatable bonds is 3. The van der Waals surface area contributed by atoms with Gasteiger partial charge in [-0.25, -0.2) is 9.78 Å². The predicted molar refractivity (Wildman–Crippen MR) is 61.5 cm³/mol. The number of carbonyl (C=O) groups is 1. The van der Waals surface area contributed by atoms with Crippen molar-refractivity contribution in [2.24, 2.45) is 0 Å². The zero-order chi connectivity index (χ0) is 12.1. The van der Waals surface area contributed by atoms with Gasteiger partial charge in [-0.15, -0.1) is 0 Å². The Bertz CT molecular complexity index is 468. The van der Waals surface area contributed by atoms with E-state index in [-0.39, 0.29) is 12.0 Å². The van der Waals surface area contributed by atoms with Crippen LogP contribution in [-0.2, 0) is 4.74 Å². The van der Waals surface area contributed by atoms with E-state index in [4.69, 9.17) is 9.15 Å². The maximum absolute atomic E-state index is 11.5. The van der Waals surface area contributed by atoms with E-state index >= 15 is 0 Å². The van der Waals surface area contributed by atoms with Gasteiger partial charge in [0.2, 0.25) is 5.88 Å². The molecule has 0 aliphatic rings. The Morgan fingerprint density at radius 2 is 2.18 bits per heavy atom. The van der Waals surface area contributed by atoms with Gasteiger partial charge in [0.1, 0.15) is 6.10 Å². The van der Waals surface area contributed by atoms with Crippen molar-refractivity contribution in [1.29, 1.82) is 0 Å². The molecule has 5 nitrogen and oxygen atoms in total. The summed E-state index contributed by atoms with van der Waals surface area (Å²) >= 11 is 0. The summed E-state index contributed by atoms with van der Waals surface area (Å²) < 4.78 is 10.0. The quantitative estimate of drug-likeness (QED) is 0.883. The lowest BCUT2D eigenvalue weighted by Crippen LogP contribution is -2.15. The SMILES string of the molecule is CC(OC(=O)Nc1cnco1)c1ccccc1. The largest absolute Gasteiger partial charge is 0.441 e. The molecular formula is C12H12N2O3. The molecule has 0 fully saturated rings. The molecule has 1 atom stereocenters. The Morgan fingerprint density at radius 1 is 1.41 bits per heavy atom. The average Bonchev–Trinajstić information content (AvgIpc) is 2.82. The van der Waals surface area contributed by atoms with Gasteiger partial charge in [-0.05, 0) is 12.5 Å². The maximum atomic E-state index is 11.5. The Kier molecular flexibility index (Phi) is 3.40. The Hall–Kier alpha value is -2.30. The molecule has 0 spiro atoms. The van der Waals surface area contributed by atoms with E-state index in [1.807, 2.05) is 30.3 Å². The molecule has 2 aromatic rings. The summed E-state index contributed by atoms with van der Waals surface area (Å²) in [5.74, 6) is 0.260. The first-order valence-corrected chi connectivity index (χ1v) is 5.17. The fourth-order valence-corrected chi connectivity index (χ4v) is 1.36. The summed E-state index contributed by atoms with van der Waals surface area (Å²) in [5.41, 5.74) is 0.931. The van der Waals surface area contributed by atoms with Crippen molar-refractivity contribution in [3.8, 4) is 0 Å². The fourth-order valence-electron chi connectivity index (χ4n) is 1.36. The predicted octanol–water partition coefficient (Wildman–Crippen LogP) is 2.98. The van der Waals surface area contributed by atoms with Crippen LogP contribution in [0.15, 0.2) is 47.3 Å². The van der Waals surface area contributed by atoms with E-state index in [9.17, 15) is 4.79 Å². The molecule has 5 heteroatoms. The van der Waals surface area contributed by atoms with Crippen LogP contribution in [0, 0.1) is 0 Å². The Balaban J connectivity index is 1.91. The number of aromatic nitrogens is 1. The number of benzene rings is 1. The highest BCUT2D eigenvalue weighted by Crippen LogP contribution is 2.16. The monoisotopic (exact) mass is 232 g/mol. The highest BCUT2D eigenvalue weighted by atomic mass is 16.6. The number of carbonyl (C=O) groups excluding carboxylic acids is 1. The Morgan fingerprint density at radius 3 is 2.82 bits per heavy atom. The van der Waals surface area contributed by atoms with E-state index in [2.05, 4.69) is 10.3 Å². The van der Waals surface area contributed by atoms with Crippen LogP contribution >= 0.6 is 0 Å². The van der Waals surface area contributed by atoms with Crippen LogP contribution in [0.25, 0.3) is 0 Å². The smallest absolute Gasteiger partial charge is 0.414 e. The van der Waals surface area contributed by atoms with Crippen LogP contribution in [0.5, 0.6) is 0 Å². The molecular weight excluding hydrogens is 220 g/mol. The maximum Gasteiger partial charge on any atom is 0.414 e. The van der Waals surface area contributed by atoms with E-state index in [0.717, 1.165) is 5.56 Å². The van der Waals surface area contributed by atoms with Crippen molar-refractivity contribution in [2.75, 3.05) is 5.32 Å². The van der Waals surface area contributed by atoms with Gasteiger partial charge < -0.3 is 9.15 Å². The molecule has 0 saturated heterocycles. The van der Waals surface area contributed by atoms with Crippen LogP contribution < -0.4 is 5.32 Å². The summed E-state index contributed by atoms with van der Waals surface area (Å²) in [6.07, 6.45) is 1.74. The van der Waals surface area contributed by atoms with Gasteiger partial charge in [0.25, 0.3) is 0 Å². The summed E-state index contributed by atoms with van der Waals surface area (Å²) in [6.45, 7) is 1.80. The minimum atomic E-state index is -0.571. The van der Waals surface area contributed by atoms with Crippen LogP contribution in [0.4, 0.5) is 10.7 Å². The van der Waals surface area contributed by atoms with Gasteiger partial charge in [0, 0.05) is 0 Å². The van der Waals surface area contributed by atoms with Crippen LogP contribution in [0.3, 0.4) is 0 Å². The molecule has 1 N–H and O–H groups in total. The number of nitrogens with one attached hydrogen (secondary N) is 1. The topological polar surface area (TPSA) is 64.4 Å². The third kappa shape index (κ3) is 3.07. The van der Waals surface area contributed by atoms with E-state index < -0.39 is 6.09 Å². The first kappa shape index (κ1) is 11.2. The molecule has 1 aromatic heterocycles. The summed E-state index contributed by atoms with van der Waals surface area (Å²) in [6, 6.07) is 9.48. The highest BCUT2D eigenvalue weighted by Gasteiger charge is 2.12. The minimum Gasteiger partial charge on any atom is -0.441 e. The van der Waals surface area contributed by atoms with E-state index in [1.54, 1.807) is 6.92 Å². The number of hydrogen-bond donors (Lipinski definition) is 1. The number of amides is 1. The molecule has 2 rings (SSSR count). The lowest BCUT2D eigenvalue weighted by molar-refractivity contribution is 0.120. The molecule has 0 aliphatic heterocycles. The van der Waals surface area contributed by atoms with Gasteiger partial charge in [0.15, 0.2) is 6.39 Å². The lowest BCUT2D eigenvalue weighted by atomic mass is 10.1. The second-order valence-corrected chi connectivity index (χ2v) is 3.45. The molecule has 88 valence electrons. The van der Waals surface area contributed by atoms with Crippen molar-refractivity contribution >= 4 is 12.0 Å². The van der Waals surface area contributed by atoms with Crippen molar-refractivity contribution in [1.82, 2.24) is 4.98 Å². The standard InChI is InChI=1S/C12H12N2O3/c1-9(10-5-3-2-4-6-10)17-12(15)14-11-7-13-8-16-11/h2-9H,1H3,(H,14,15). The van der Waals surface area contributed by atoms with Crippen molar-refractivity contribution in [3.63, 3.8) is 0 Å². The second-order valence-electron chi connectivity index (χ2n) is 3.45. The number of oxazole rings is 1. The number of ether oxygens (including phenoxy) is 1. The van der Waals surface area contributed by atoms with Crippen LogP contribution in [0.1, 0.15) is 18.6 Å². The summed E-state index contributed by atoms with van der Waals surface area (Å²) in [7, 11) is 0. The molecule has 0 aliphatic carbocycles. The number of nitrogens with zero attached hydrogens (tertiary/aromatic N) is 1. The van der Waals surface area contributed by atoms with Gasteiger partial charge in [-0.1, -0.05) is 30.3 Å². The zero-order valence-corrected chi connectivity index (χ0v) is 9.29. The fraction of sp³-hybridized carbons (Fsp3) is 0.167. The van der Waals surface area contributed by atoms with Crippen molar-refractivity contribution < 1.29 is 13.9 Å². The normalized spacial score (nSPS) is 11.8. The van der Waals surface area contributed by atoms with Gasteiger partial charge in [0.05, 0.1) is 6.20 Å². The molecule has 1 unspecified atom stereocenters. The van der Waals surface area contributed by atoms with Crippen molar-refractivity contribution in [3.05, 3.63) is 48.5 Å². The number of anilines is 1. The van der Waals surface area contributed by atoms with Crippen LogP contribution in [-0.4, -0.2) is 11.1 Å². The van der Waals surface area contributed by atoms with Gasteiger partial charge in [-0.2, -0.15) is 0 Å². The highest BCUT2D eigenvalue weighted by molar-refractivity contribution is 5.82. The Labute approximate surface area is 98.4 Å². The van der Waals surface area contributed by atoms with Gasteiger partial charge in [-0.3, -0.25) is 5.32 Å². The molecule has 0 saturated carbocycles. The summed E-state index contributed by atoms with van der Waals surface area (Å²) in [5, 5.41) is 2.43. The first-order valence-electron chi connectivity index (χ1n) is 5.17. The van der Waals surface area contributed by atoms with Gasteiger partial charge >= 0.3 is 6.09 Å². The second kappa shape index (κ2) is 5.16. The third-order valence-electron chi connectivity index (χ3n) is 2.21. The minimum absolute atomic E-state index is 0.260. The zero-order valence-electron chi connectivity index (χ0n) is 9.29. The molecule has 0 radical (unpaired) electrons. The molecule has 1 amide bonds. The average molecular weight is 232 g/mol. The lowest BCUT2D eigenvalue weighted by Gasteiger charge is -2.13. The molecule has 1 aromatic carbocycles. The van der Waals surface area contributed by atoms with E-state index in [0.29, 0.717) is 0 Å². The van der Waals surface area contributed by atoms with Crippen LogP contribution in [0.2, 0.25) is 0 Å². The first-order chi connectivity index (χ1) is 8.25. The molecule has 17 heavy (non-hydrogen) atoms.